The Hall–Kier alpha value is -1.82. The molecule has 0 atom stereocenters. The zero-order valence-corrected chi connectivity index (χ0v) is 11.4. The molecular weight excluding hydrogens is 260 g/mol. The number of nitrogens with one attached hydrogen (secondary N) is 1. The highest BCUT2D eigenvalue weighted by molar-refractivity contribution is 7.80. The molecule has 0 saturated heterocycles. The number of rotatable bonds is 6. The molecule has 0 spiro atoms. The van der Waals surface area contributed by atoms with Gasteiger partial charge in [-0.25, -0.2) is 0 Å². The van der Waals surface area contributed by atoms with Gasteiger partial charge in [0.05, 0.1) is 0 Å². The predicted molar refractivity (Wildman–Crippen MR) is 76.5 cm³/mol. The number of thiol groups is 1. The summed E-state index contributed by atoms with van der Waals surface area (Å²) in [6, 6.07) is 8.10. The van der Waals surface area contributed by atoms with Crippen molar-refractivity contribution in [3.8, 4) is 5.69 Å². The van der Waals surface area contributed by atoms with E-state index in [1.54, 1.807) is 12.7 Å². The van der Waals surface area contributed by atoms with E-state index >= 15 is 0 Å². The highest BCUT2D eigenvalue weighted by atomic mass is 32.1. The predicted octanol–water partition coefficient (Wildman–Crippen LogP) is 1.25. The van der Waals surface area contributed by atoms with E-state index in [9.17, 15) is 4.79 Å². The van der Waals surface area contributed by atoms with E-state index in [0.29, 0.717) is 18.7 Å². The van der Waals surface area contributed by atoms with Crippen molar-refractivity contribution in [3.05, 3.63) is 42.5 Å². The van der Waals surface area contributed by atoms with E-state index in [0.717, 1.165) is 12.1 Å². The maximum absolute atomic E-state index is 11.3. The lowest BCUT2D eigenvalue weighted by atomic mass is 10.1. The van der Waals surface area contributed by atoms with Crippen molar-refractivity contribution in [1.29, 1.82) is 0 Å². The molecule has 0 unspecified atom stereocenters. The van der Waals surface area contributed by atoms with Crippen molar-refractivity contribution in [2.45, 2.75) is 12.8 Å². The Balaban J connectivity index is 1.84. The summed E-state index contributed by atoms with van der Waals surface area (Å²) in [5, 5.41) is 10.4. The van der Waals surface area contributed by atoms with Gasteiger partial charge < -0.3 is 5.32 Å². The van der Waals surface area contributed by atoms with Gasteiger partial charge in [0.15, 0.2) is 0 Å². The van der Waals surface area contributed by atoms with Crippen LogP contribution in [0.2, 0.25) is 0 Å². The second-order valence-electron chi connectivity index (χ2n) is 4.11. The second kappa shape index (κ2) is 6.94. The summed E-state index contributed by atoms with van der Waals surface area (Å²) >= 11 is 4.02. The lowest BCUT2D eigenvalue weighted by molar-refractivity contribution is -0.120. The van der Waals surface area contributed by atoms with Crippen LogP contribution in [0.25, 0.3) is 5.69 Å². The van der Waals surface area contributed by atoms with Crippen LogP contribution in [-0.2, 0) is 11.2 Å². The maximum atomic E-state index is 11.3. The zero-order chi connectivity index (χ0) is 13.5. The summed E-state index contributed by atoms with van der Waals surface area (Å²) in [6.07, 6.45) is 4.61. The van der Waals surface area contributed by atoms with Gasteiger partial charge in [-0.2, -0.15) is 12.6 Å². The lowest BCUT2D eigenvalue weighted by Gasteiger charge is -2.06. The normalized spacial score (nSPS) is 10.4. The number of hydrogen-bond donors (Lipinski definition) is 2. The average molecular weight is 276 g/mol. The van der Waals surface area contributed by atoms with Gasteiger partial charge in [-0.3, -0.25) is 9.36 Å². The largest absolute Gasteiger partial charge is 0.356 e. The topological polar surface area (TPSA) is 59.8 Å². The summed E-state index contributed by atoms with van der Waals surface area (Å²) in [5.41, 5.74) is 2.20. The standard InChI is InChI=1S/C13H16N4OS/c18-13(6-8-19)14-7-5-11-1-3-12(4-2-11)17-9-15-16-10-17/h1-4,9-10,19H,5-8H2,(H,14,18). The van der Waals surface area contributed by atoms with Crippen LogP contribution in [-0.4, -0.2) is 33.0 Å². The first-order valence-electron chi connectivity index (χ1n) is 6.11. The summed E-state index contributed by atoms with van der Waals surface area (Å²) < 4.78 is 1.85. The van der Waals surface area contributed by atoms with Crippen LogP contribution in [0.3, 0.4) is 0 Å². The Morgan fingerprint density at radius 1 is 1.21 bits per heavy atom. The molecule has 0 fully saturated rings. The van der Waals surface area contributed by atoms with Crippen molar-refractivity contribution in [2.75, 3.05) is 12.3 Å². The summed E-state index contributed by atoms with van der Waals surface area (Å²) in [4.78, 5) is 11.3. The maximum Gasteiger partial charge on any atom is 0.220 e. The van der Waals surface area contributed by atoms with Crippen LogP contribution < -0.4 is 5.32 Å². The number of nitrogens with zero attached hydrogens (tertiary/aromatic N) is 3. The van der Waals surface area contributed by atoms with Crippen molar-refractivity contribution in [3.63, 3.8) is 0 Å². The molecule has 6 heteroatoms. The minimum absolute atomic E-state index is 0.0520. The third kappa shape index (κ3) is 4.10. The van der Waals surface area contributed by atoms with Crippen LogP contribution in [0.4, 0.5) is 0 Å². The minimum atomic E-state index is 0.0520. The fourth-order valence-corrected chi connectivity index (χ4v) is 1.91. The van der Waals surface area contributed by atoms with Gasteiger partial charge in [0.1, 0.15) is 12.7 Å². The third-order valence-corrected chi connectivity index (χ3v) is 2.95. The molecule has 0 radical (unpaired) electrons. The molecule has 2 rings (SSSR count). The molecule has 1 N–H and O–H groups in total. The Bertz CT molecular complexity index is 510. The number of benzene rings is 1. The Morgan fingerprint density at radius 2 is 1.89 bits per heavy atom. The van der Waals surface area contributed by atoms with Crippen LogP contribution in [0.1, 0.15) is 12.0 Å². The molecule has 0 saturated carbocycles. The summed E-state index contributed by atoms with van der Waals surface area (Å²) in [6.45, 7) is 0.651. The van der Waals surface area contributed by atoms with E-state index in [1.807, 2.05) is 28.8 Å². The molecule has 0 aliphatic carbocycles. The molecular formula is C13H16N4OS. The van der Waals surface area contributed by atoms with Crippen molar-refractivity contribution >= 4 is 18.5 Å². The van der Waals surface area contributed by atoms with Gasteiger partial charge in [0.25, 0.3) is 0 Å². The number of hydrogen-bond acceptors (Lipinski definition) is 4. The molecule has 1 aromatic heterocycles. The fourth-order valence-electron chi connectivity index (χ4n) is 1.70. The first kappa shape index (κ1) is 13.6. The highest BCUT2D eigenvalue weighted by Crippen LogP contribution is 2.08. The number of carbonyl (C=O) groups excluding carboxylic acids is 1. The smallest absolute Gasteiger partial charge is 0.220 e. The van der Waals surface area contributed by atoms with E-state index in [2.05, 4.69) is 28.1 Å². The third-order valence-electron chi connectivity index (χ3n) is 2.73. The number of carbonyl (C=O) groups is 1. The first-order valence-corrected chi connectivity index (χ1v) is 6.74. The Morgan fingerprint density at radius 3 is 2.53 bits per heavy atom. The Labute approximate surface area is 117 Å². The van der Waals surface area contributed by atoms with Crippen LogP contribution in [0.15, 0.2) is 36.9 Å². The van der Waals surface area contributed by atoms with Crippen LogP contribution in [0, 0.1) is 0 Å². The summed E-state index contributed by atoms with van der Waals surface area (Å²) in [7, 11) is 0. The van der Waals surface area contributed by atoms with Crippen molar-refractivity contribution in [1.82, 2.24) is 20.1 Å². The van der Waals surface area contributed by atoms with Gasteiger partial charge in [-0.15, -0.1) is 10.2 Å². The summed E-state index contributed by atoms with van der Waals surface area (Å²) in [5.74, 6) is 0.635. The van der Waals surface area contributed by atoms with Crippen molar-refractivity contribution in [2.24, 2.45) is 0 Å². The highest BCUT2D eigenvalue weighted by Gasteiger charge is 2.00. The first-order chi connectivity index (χ1) is 9.29. The van der Waals surface area contributed by atoms with Gasteiger partial charge in [0, 0.05) is 18.7 Å². The fraction of sp³-hybridized carbons (Fsp3) is 0.308. The van der Waals surface area contributed by atoms with E-state index in [1.165, 1.54) is 5.56 Å². The van der Waals surface area contributed by atoms with Crippen LogP contribution in [0.5, 0.6) is 0 Å². The van der Waals surface area contributed by atoms with Gasteiger partial charge >= 0.3 is 0 Å². The molecule has 100 valence electrons. The molecule has 0 aliphatic rings. The molecule has 2 aromatic rings. The molecule has 0 aliphatic heterocycles. The Kier molecular flexibility index (Phi) is 4.97. The molecule has 1 heterocycles. The SMILES string of the molecule is O=C(CCS)NCCc1ccc(-n2cnnc2)cc1. The molecule has 5 nitrogen and oxygen atoms in total. The van der Waals surface area contributed by atoms with E-state index in [-0.39, 0.29) is 5.91 Å². The molecule has 19 heavy (non-hydrogen) atoms. The average Bonchev–Trinajstić information content (AvgIpc) is 2.94. The number of amides is 1. The van der Waals surface area contributed by atoms with Crippen LogP contribution >= 0.6 is 12.6 Å². The molecule has 0 bridgehead atoms. The quantitative estimate of drug-likeness (QED) is 0.781. The zero-order valence-electron chi connectivity index (χ0n) is 10.5. The monoisotopic (exact) mass is 276 g/mol. The van der Waals surface area contributed by atoms with E-state index in [4.69, 9.17) is 0 Å². The molecule has 1 amide bonds. The van der Waals surface area contributed by atoms with E-state index < -0.39 is 0 Å². The minimum Gasteiger partial charge on any atom is -0.356 e. The number of aromatic nitrogens is 3. The second-order valence-corrected chi connectivity index (χ2v) is 4.56. The van der Waals surface area contributed by atoms with Gasteiger partial charge in [0.2, 0.25) is 5.91 Å². The van der Waals surface area contributed by atoms with Gasteiger partial charge in [-0.05, 0) is 29.9 Å². The van der Waals surface area contributed by atoms with Gasteiger partial charge in [-0.1, -0.05) is 12.1 Å². The van der Waals surface area contributed by atoms with Crippen molar-refractivity contribution < 1.29 is 4.79 Å². The molecule has 1 aromatic carbocycles. The lowest BCUT2D eigenvalue weighted by Crippen LogP contribution is -2.25.